The molecule has 37 heavy (non-hydrogen) atoms. The number of carbonyl (C=O) groups is 1. The van der Waals surface area contributed by atoms with Crippen LogP contribution in [0.25, 0.3) is 12.2 Å². The fourth-order valence-electron chi connectivity index (χ4n) is 4.81. The van der Waals surface area contributed by atoms with Crippen molar-refractivity contribution in [2.75, 3.05) is 6.26 Å². The molecule has 3 N–H and O–H groups in total. The zero-order chi connectivity index (χ0) is 26.9. The van der Waals surface area contributed by atoms with Crippen molar-refractivity contribution in [1.82, 2.24) is 10.7 Å². The molecule has 1 heterocycles. The summed E-state index contributed by atoms with van der Waals surface area (Å²) in [6.45, 7) is 8.97. The first-order chi connectivity index (χ1) is 17.1. The van der Waals surface area contributed by atoms with Crippen LogP contribution in [0.3, 0.4) is 0 Å². The van der Waals surface area contributed by atoms with Crippen LogP contribution in [-0.4, -0.2) is 27.5 Å². The molecule has 1 aliphatic carbocycles. The Morgan fingerprint density at radius 2 is 1.89 bits per heavy atom. The monoisotopic (exact) mass is 538 g/mol. The van der Waals surface area contributed by atoms with E-state index in [2.05, 4.69) is 11.1 Å². The summed E-state index contributed by atoms with van der Waals surface area (Å²) in [5, 5.41) is 1.01. The average Bonchev–Trinajstić information content (AvgIpc) is 3.15. The Morgan fingerprint density at radius 3 is 2.38 bits per heavy atom. The normalized spacial score (nSPS) is 18.7. The molecule has 1 aromatic heterocycles. The van der Waals surface area contributed by atoms with Crippen LogP contribution in [0, 0.1) is 0 Å². The van der Waals surface area contributed by atoms with Gasteiger partial charge >= 0.3 is 6.18 Å². The van der Waals surface area contributed by atoms with Crippen molar-refractivity contribution in [3.63, 3.8) is 0 Å². The molecule has 1 saturated carbocycles. The van der Waals surface area contributed by atoms with Gasteiger partial charge in [0.25, 0.3) is 0 Å². The summed E-state index contributed by atoms with van der Waals surface area (Å²) in [6.07, 6.45) is 15.3. The van der Waals surface area contributed by atoms with Gasteiger partial charge in [0, 0.05) is 55.7 Å². The molecule has 2 unspecified atom stereocenters. The van der Waals surface area contributed by atoms with E-state index in [-0.39, 0.29) is 23.7 Å². The molecular formula is C29H41F3N2O2S. The number of rotatable bonds is 10. The van der Waals surface area contributed by atoms with E-state index in [4.69, 9.17) is 0 Å². The highest BCUT2D eigenvalue weighted by molar-refractivity contribution is 7.88. The van der Waals surface area contributed by atoms with Crippen LogP contribution in [0.5, 0.6) is 0 Å². The lowest BCUT2D eigenvalue weighted by Crippen LogP contribution is -2.34. The maximum atomic E-state index is 13.7. The second-order valence-corrected chi connectivity index (χ2v) is 10.5. The van der Waals surface area contributed by atoms with Crippen LogP contribution in [0.4, 0.5) is 13.2 Å². The van der Waals surface area contributed by atoms with Crippen molar-refractivity contribution >= 4 is 29.2 Å². The van der Waals surface area contributed by atoms with Gasteiger partial charge in [-0.3, -0.25) is 9.00 Å². The predicted octanol–water partition coefficient (Wildman–Crippen LogP) is 6.95. The number of hydrogen-bond donors (Lipinski definition) is 1. The van der Waals surface area contributed by atoms with Gasteiger partial charge in [-0.05, 0) is 44.4 Å². The lowest BCUT2D eigenvalue weighted by molar-refractivity contribution is -0.0866. The van der Waals surface area contributed by atoms with Crippen LogP contribution in [-0.2, 0) is 10.8 Å². The quantitative estimate of drug-likeness (QED) is 0.259. The van der Waals surface area contributed by atoms with Crippen LogP contribution < -0.4 is 16.7 Å². The summed E-state index contributed by atoms with van der Waals surface area (Å²) in [5.74, 6) is -0.292. The molecule has 0 spiro atoms. The fourth-order valence-corrected chi connectivity index (χ4v) is 5.36. The average molecular weight is 539 g/mol. The maximum absolute atomic E-state index is 13.7. The second-order valence-electron chi connectivity index (χ2n) is 9.16. The molecule has 0 amide bonds. The Bertz CT molecular complexity index is 1170. The Labute approximate surface area is 221 Å². The lowest BCUT2D eigenvalue weighted by atomic mass is 9.94. The number of halogens is 3. The van der Waals surface area contributed by atoms with Crippen molar-refractivity contribution in [3.8, 4) is 0 Å². The smallest absolute Gasteiger partial charge is 0.344 e. The zero-order valence-electron chi connectivity index (χ0n) is 22.4. The third-order valence-corrected chi connectivity index (χ3v) is 7.51. The predicted molar refractivity (Wildman–Crippen MR) is 150 cm³/mol. The Balaban J connectivity index is 0.00000684. The van der Waals surface area contributed by atoms with Crippen LogP contribution in [0.2, 0.25) is 0 Å². The van der Waals surface area contributed by atoms with E-state index in [1.807, 2.05) is 26.0 Å². The third kappa shape index (κ3) is 8.27. The van der Waals surface area contributed by atoms with Crippen molar-refractivity contribution < 1.29 is 22.2 Å². The van der Waals surface area contributed by atoms with Crippen LogP contribution in [0.1, 0.15) is 93.7 Å². The first-order valence-electron chi connectivity index (χ1n) is 12.6. The zero-order valence-corrected chi connectivity index (χ0v) is 23.3. The van der Waals surface area contributed by atoms with E-state index in [9.17, 15) is 22.2 Å². The minimum Gasteiger partial charge on any atom is -0.344 e. The van der Waals surface area contributed by atoms with Crippen LogP contribution >= 0.6 is 0 Å². The summed E-state index contributed by atoms with van der Waals surface area (Å²) in [5.41, 5.74) is 0.222. The Kier molecular flexibility index (Phi) is 13.3. The van der Waals surface area contributed by atoms with Crippen molar-refractivity contribution in [3.05, 3.63) is 69.3 Å². The van der Waals surface area contributed by atoms with E-state index >= 15 is 0 Å². The topological polar surface area (TPSA) is 74.1 Å². The molecule has 206 valence electrons. The molecule has 2 rings (SSSR count). The van der Waals surface area contributed by atoms with Gasteiger partial charge in [0.05, 0.1) is 5.57 Å². The summed E-state index contributed by atoms with van der Waals surface area (Å²) in [7, 11) is -1.23. The minimum absolute atomic E-state index is 0. The molecule has 1 aromatic rings. The number of hydrogen-bond acceptors (Lipinski definition) is 3. The highest BCUT2D eigenvalue weighted by Crippen LogP contribution is 2.32. The van der Waals surface area contributed by atoms with Gasteiger partial charge in [0.1, 0.15) is 0 Å². The molecule has 0 bridgehead atoms. The second kappa shape index (κ2) is 15.1. The Hall–Kier alpha value is -2.45. The number of aromatic nitrogens is 1. The van der Waals surface area contributed by atoms with E-state index < -0.39 is 22.5 Å². The Morgan fingerprint density at radius 1 is 1.24 bits per heavy atom. The lowest BCUT2D eigenvalue weighted by Gasteiger charge is -2.27. The maximum Gasteiger partial charge on any atom is 0.416 e. The number of aldehydes is 1. The molecule has 1 aliphatic rings. The summed E-state index contributed by atoms with van der Waals surface area (Å²) in [4.78, 5) is 13.1. The van der Waals surface area contributed by atoms with Crippen molar-refractivity contribution in [2.45, 2.75) is 83.9 Å². The largest absolute Gasteiger partial charge is 0.416 e. The van der Waals surface area contributed by atoms with Gasteiger partial charge in [-0.25, -0.2) is 0 Å². The molecule has 2 atom stereocenters. The van der Waals surface area contributed by atoms with Crippen molar-refractivity contribution in [2.24, 2.45) is 0 Å². The van der Waals surface area contributed by atoms with Gasteiger partial charge in [0.15, 0.2) is 6.29 Å². The number of allylic oxidation sites excluding steroid dienone is 6. The molecule has 1 fully saturated rings. The van der Waals surface area contributed by atoms with Gasteiger partial charge in [0.2, 0.25) is 0 Å². The number of alkyl halides is 3. The fraction of sp³-hybridized carbons (Fsp3) is 0.483. The first kappa shape index (κ1) is 32.6. The van der Waals surface area contributed by atoms with Gasteiger partial charge in [-0.15, -0.1) is 0 Å². The number of unbranched alkanes of at least 4 members (excludes halogenated alkanes) is 1. The SMILES string of the molecule is C=C/C=C(\C=C/C(C)c1c(C=O)c(=C/C(=C\C)C(F)(F)F)/c(=C/CCC)n1C1CCCCC1)S(C)=O.N. The highest BCUT2D eigenvalue weighted by atomic mass is 32.2. The molecule has 0 aliphatic heterocycles. The minimum atomic E-state index is -4.52. The van der Waals surface area contributed by atoms with E-state index in [1.54, 1.807) is 24.5 Å². The first-order valence-corrected chi connectivity index (χ1v) is 14.1. The molecule has 8 heteroatoms. The third-order valence-electron chi connectivity index (χ3n) is 6.58. The molecule has 0 radical (unpaired) electrons. The van der Waals surface area contributed by atoms with E-state index in [1.165, 1.54) is 6.92 Å². The number of nitrogens with zero attached hydrogens (tertiary/aromatic N) is 1. The molecule has 0 aromatic carbocycles. The van der Waals surface area contributed by atoms with Crippen molar-refractivity contribution in [1.29, 1.82) is 0 Å². The summed E-state index contributed by atoms with van der Waals surface area (Å²) >= 11 is 0. The summed E-state index contributed by atoms with van der Waals surface area (Å²) in [6, 6.07) is 0.108. The standard InChI is InChI=1S/C29H38F3NO2S.H3N/c1-6-9-16-27-25(19-22(8-3)29(30,31)32)26(20-34)28(33(27)23-14-11-10-12-15-23)21(4)17-18-24(13-7-2)36(5)35;/h7-8,13,16-21,23H,2,6,9-12,14-15H2,1,3-5H3;1H3/b18-17-,22-8+,24-13+,25-19-,27-16-;. The van der Waals surface area contributed by atoms with E-state index in [0.717, 1.165) is 50.7 Å². The molecular weight excluding hydrogens is 497 g/mol. The summed E-state index contributed by atoms with van der Waals surface area (Å²) < 4.78 is 55.5. The van der Waals surface area contributed by atoms with Gasteiger partial charge in [-0.2, -0.15) is 13.2 Å². The molecule has 0 saturated heterocycles. The number of carbonyl (C=O) groups excluding carboxylic acids is 1. The van der Waals surface area contributed by atoms with Gasteiger partial charge < -0.3 is 10.7 Å². The molecule has 4 nitrogen and oxygen atoms in total. The van der Waals surface area contributed by atoms with Gasteiger partial charge in [-0.1, -0.05) is 70.4 Å². The van der Waals surface area contributed by atoms with Crippen LogP contribution in [0.15, 0.2) is 47.4 Å². The highest BCUT2D eigenvalue weighted by Gasteiger charge is 2.32. The van der Waals surface area contributed by atoms with E-state index in [0.29, 0.717) is 33.9 Å².